The average molecular weight is 453 g/mol. The molecule has 0 saturated carbocycles. The highest BCUT2D eigenvalue weighted by Gasteiger charge is 2.59. The molecule has 0 radical (unpaired) electrons. The molecule has 3 aromatic carbocycles. The van der Waals surface area contributed by atoms with Crippen LogP contribution in [0.4, 0.5) is 17.1 Å². The van der Waals surface area contributed by atoms with Crippen molar-refractivity contribution in [1.82, 2.24) is 0 Å². The van der Waals surface area contributed by atoms with E-state index in [0.717, 1.165) is 42.5 Å². The lowest BCUT2D eigenvalue weighted by molar-refractivity contribution is -0.125. The smallest absolute Gasteiger partial charge is 0.261 e. The molecule has 0 unspecified atom stereocenters. The van der Waals surface area contributed by atoms with Gasteiger partial charge in [0.25, 0.3) is 5.91 Å². The first-order chi connectivity index (χ1) is 16.6. The lowest BCUT2D eigenvalue weighted by Crippen LogP contribution is -2.67. The number of anilines is 3. The van der Waals surface area contributed by atoms with E-state index in [4.69, 9.17) is 9.84 Å². The number of hydrazone groups is 1. The number of para-hydroxylation sites is 2. The summed E-state index contributed by atoms with van der Waals surface area (Å²) in [5, 5.41) is 6.46. The summed E-state index contributed by atoms with van der Waals surface area (Å²) in [6.07, 6.45) is 0.665. The Morgan fingerprint density at radius 1 is 0.912 bits per heavy atom. The van der Waals surface area contributed by atoms with Gasteiger partial charge in [-0.3, -0.25) is 4.79 Å². The molecule has 0 aromatic heterocycles. The largest absolute Gasteiger partial charge is 0.497 e. The zero-order valence-corrected chi connectivity index (χ0v) is 19.5. The number of ether oxygens (including phenoxy) is 1. The Hall–Kier alpha value is -3.80. The fourth-order valence-corrected chi connectivity index (χ4v) is 5.84. The van der Waals surface area contributed by atoms with E-state index < -0.39 is 5.41 Å². The quantitative estimate of drug-likeness (QED) is 0.593. The number of piperazine rings is 1. The summed E-state index contributed by atoms with van der Waals surface area (Å²) in [7, 11) is 1.68. The summed E-state index contributed by atoms with van der Waals surface area (Å²) in [5.41, 5.74) is 4.62. The van der Waals surface area contributed by atoms with Gasteiger partial charge in [0.1, 0.15) is 11.2 Å². The maximum Gasteiger partial charge on any atom is 0.261 e. The third kappa shape index (κ3) is 3.01. The predicted molar refractivity (Wildman–Crippen MR) is 136 cm³/mol. The van der Waals surface area contributed by atoms with Crippen LogP contribution >= 0.6 is 0 Å². The Morgan fingerprint density at radius 3 is 2.41 bits per heavy atom. The van der Waals surface area contributed by atoms with Crippen molar-refractivity contribution < 1.29 is 9.53 Å². The molecule has 3 aliphatic rings. The molecule has 3 aliphatic heterocycles. The third-order valence-electron chi connectivity index (χ3n) is 7.63. The van der Waals surface area contributed by atoms with Crippen LogP contribution in [0.1, 0.15) is 12.5 Å². The van der Waals surface area contributed by atoms with Crippen molar-refractivity contribution in [2.45, 2.75) is 19.4 Å². The molecule has 1 spiro atoms. The van der Waals surface area contributed by atoms with Crippen molar-refractivity contribution in [3.63, 3.8) is 0 Å². The highest BCUT2D eigenvalue weighted by Crippen LogP contribution is 2.48. The summed E-state index contributed by atoms with van der Waals surface area (Å²) in [6.45, 7) is 4.52. The van der Waals surface area contributed by atoms with Gasteiger partial charge in [-0.05, 0) is 61.4 Å². The molecule has 172 valence electrons. The molecule has 6 rings (SSSR count). The molecule has 6 heteroatoms. The number of benzene rings is 3. The first-order valence-corrected chi connectivity index (χ1v) is 11.8. The number of hydrogen-bond acceptors (Lipinski definition) is 5. The van der Waals surface area contributed by atoms with Gasteiger partial charge in [-0.15, -0.1) is 0 Å². The maximum absolute atomic E-state index is 14.2. The van der Waals surface area contributed by atoms with Crippen LogP contribution in [0.25, 0.3) is 0 Å². The number of hydrogen-bond donors (Lipinski definition) is 0. The van der Waals surface area contributed by atoms with Gasteiger partial charge < -0.3 is 14.5 Å². The molecule has 0 aliphatic carbocycles. The Morgan fingerprint density at radius 2 is 1.65 bits per heavy atom. The molecule has 6 nitrogen and oxygen atoms in total. The topological polar surface area (TPSA) is 48.4 Å². The summed E-state index contributed by atoms with van der Waals surface area (Å²) in [6, 6.07) is 26.5. The first kappa shape index (κ1) is 20.8. The molecule has 0 N–H and O–H groups in total. The molecule has 0 bridgehead atoms. The molecule has 1 saturated heterocycles. The molecule has 34 heavy (non-hydrogen) atoms. The minimum atomic E-state index is -0.699. The summed E-state index contributed by atoms with van der Waals surface area (Å²) in [5.74, 6) is 0.912. The second-order valence-corrected chi connectivity index (χ2v) is 9.27. The fraction of sp³-hybridized carbons (Fsp3) is 0.286. The van der Waals surface area contributed by atoms with E-state index in [1.807, 2.05) is 49.4 Å². The number of nitrogens with zero attached hydrogens (tertiary/aromatic N) is 4. The van der Waals surface area contributed by atoms with Gasteiger partial charge in [0, 0.05) is 31.0 Å². The van der Waals surface area contributed by atoms with E-state index in [2.05, 4.69) is 46.2 Å². The van der Waals surface area contributed by atoms with Crippen LogP contribution in [0, 0.1) is 5.41 Å². The summed E-state index contributed by atoms with van der Waals surface area (Å²) >= 11 is 0. The number of rotatable bonds is 3. The number of fused-ring (bicyclic) bond motifs is 4. The normalized spacial score (nSPS) is 23.6. The molecular formula is C28H28N4O2. The van der Waals surface area contributed by atoms with Gasteiger partial charge in [-0.1, -0.05) is 36.4 Å². The van der Waals surface area contributed by atoms with Gasteiger partial charge in [-0.2, -0.15) is 10.1 Å². The summed E-state index contributed by atoms with van der Waals surface area (Å²) in [4.78, 5) is 19.1. The van der Waals surface area contributed by atoms with Crippen LogP contribution in [0.2, 0.25) is 0 Å². The van der Waals surface area contributed by atoms with Crippen LogP contribution in [-0.2, 0) is 11.2 Å². The number of amides is 1. The molecule has 1 amide bonds. The van der Waals surface area contributed by atoms with Crippen LogP contribution in [0.5, 0.6) is 5.75 Å². The van der Waals surface area contributed by atoms with E-state index in [-0.39, 0.29) is 11.9 Å². The second kappa shape index (κ2) is 7.90. The number of carbonyl (C=O) groups excluding carboxylic acids is 1. The lowest BCUT2D eigenvalue weighted by Gasteiger charge is -2.53. The van der Waals surface area contributed by atoms with Crippen molar-refractivity contribution in [3.8, 4) is 5.75 Å². The van der Waals surface area contributed by atoms with Gasteiger partial charge in [0.15, 0.2) is 0 Å². The van der Waals surface area contributed by atoms with Gasteiger partial charge in [0.05, 0.1) is 24.6 Å². The van der Waals surface area contributed by atoms with Crippen LogP contribution in [-0.4, -0.2) is 44.4 Å². The molecule has 3 aromatic rings. The second-order valence-electron chi connectivity index (χ2n) is 9.27. The zero-order valence-electron chi connectivity index (χ0n) is 19.5. The molecule has 1 fully saturated rings. The van der Waals surface area contributed by atoms with E-state index >= 15 is 0 Å². The van der Waals surface area contributed by atoms with Crippen LogP contribution < -0.4 is 19.5 Å². The standard InChI is InChI=1S/C28H28N4O2/c1-20-28(27(33)32(29-20)23-9-4-3-5-10-23)18-21-8-6-7-11-25(21)31-17-16-30(19-26(28)31)22-12-14-24(34-2)15-13-22/h3-15,26H,16-19H2,1-2H3/t26-,28+/m1/s1. The fourth-order valence-electron chi connectivity index (χ4n) is 5.84. The van der Waals surface area contributed by atoms with Crippen molar-refractivity contribution in [3.05, 3.63) is 84.4 Å². The first-order valence-electron chi connectivity index (χ1n) is 11.8. The minimum Gasteiger partial charge on any atom is -0.497 e. The SMILES string of the molecule is COc1ccc(N2CCN3c4ccccc4C[C@@]4(C(=O)N(c5ccccc5)N=C4C)[C@H]3C2)cc1. The monoisotopic (exact) mass is 452 g/mol. The molecule has 2 atom stereocenters. The lowest BCUT2D eigenvalue weighted by atomic mass is 9.67. The van der Waals surface area contributed by atoms with Crippen molar-refractivity contribution >= 4 is 28.7 Å². The van der Waals surface area contributed by atoms with Crippen molar-refractivity contribution in [2.75, 3.05) is 41.6 Å². The Balaban J connectivity index is 1.42. The van der Waals surface area contributed by atoms with Gasteiger partial charge in [-0.25, -0.2) is 0 Å². The Bertz CT molecular complexity index is 1260. The van der Waals surface area contributed by atoms with Gasteiger partial charge >= 0.3 is 0 Å². The minimum absolute atomic E-state index is 0.0109. The third-order valence-corrected chi connectivity index (χ3v) is 7.63. The van der Waals surface area contributed by atoms with Crippen LogP contribution in [0.15, 0.2) is 84.0 Å². The van der Waals surface area contributed by atoms with E-state index in [9.17, 15) is 4.79 Å². The molecule has 3 heterocycles. The van der Waals surface area contributed by atoms with E-state index in [1.54, 1.807) is 12.1 Å². The van der Waals surface area contributed by atoms with Crippen molar-refractivity contribution in [1.29, 1.82) is 0 Å². The van der Waals surface area contributed by atoms with E-state index in [1.165, 1.54) is 11.3 Å². The average Bonchev–Trinajstić information content (AvgIpc) is 3.14. The van der Waals surface area contributed by atoms with Crippen LogP contribution in [0.3, 0.4) is 0 Å². The Kier molecular flexibility index (Phi) is 4.83. The molecular weight excluding hydrogens is 424 g/mol. The van der Waals surface area contributed by atoms with Gasteiger partial charge in [0.2, 0.25) is 0 Å². The Labute approximate surface area is 200 Å². The highest BCUT2D eigenvalue weighted by atomic mass is 16.5. The number of carbonyl (C=O) groups is 1. The maximum atomic E-state index is 14.2. The van der Waals surface area contributed by atoms with E-state index in [0.29, 0.717) is 6.42 Å². The highest BCUT2D eigenvalue weighted by molar-refractivity contribution is 6.20. The number of methoxy groups -OCH3 is 1. The predicted octanol–water partition coefficient (Wildman–Crippen LogP) is 4.36. The van der Waals surface area contributed by atoms with Crippen molar-refractivity contribution in [2.24, 2.45) is 10.5 Å². The zero-order chi connectivity index (χ0) is 23.3. The summed E-state index contributed by atoms with van der Waals surface area (Å²) < 4.78 is 5.35.